The number of aromatic nitrogens is 8. The van der Waals surface area contributed by atoms with Crippen molar-refractivity contribution in [3.05, 3.63) is 71.5 Å². The Kier molecular flexibility index (Phi) is 6.02. The summed E-state index contributed by atoms with van der Waals surface area (Å²) < 4.78 is 9.30. The lowest BCUT2D eigenvalue weighted by Crippen LogP contribution is -2.32. The molecule has 2 aromatic carbocycles. The van der Waals surface area contributed by atoms with E-state index in [1.54, 1.807) is 11.6 Å². The minimum absolute atomic E-state index is 0.231. The summed E-state index contributed by atoms with van der Waals surface area (Å²) in [6.07, 6.45) is 4.59. The summed E-state index contributed by atoms with van der Waals surface area (Å²) in [4.78, 5) is 2.39. The standard InChI is InChI=1S/C26H29N9O/c1-3-33(17-18-9-5-4-6-10-18)24(26-28-30-31-34(26)20-11-7-8-12-20)22-15-19-13-14-21(36-2)16-23(19)35-25(22)27-29-32-35/h4-6,9-10,13-16,20,24H,3,7-8,11-12,17H2,1-2H3/t24-/m1/s1. The predicted octanol–water partition coefficient (Wildman–Crippen LogP) is 4.00. The van der Waals surface area contributed by atoms with Gasteiger partial charge in [-0.3, -0.25) is 4.90 Å². The third-order valence-electron chi connectivity index (χ3n) is 7.23. The van der Waals surface area contributed by atoms with Crippen LogP contribution in [0.3, 0.4) is 0 Å². The summed E-state index contributed by atoms with van der Waals surface area (Å²) in [6.45, 7) is 3.71. The summed E-state index contributed by atoms with van der Waals surface area (Å²) in [6, 6.07) is 18.7. The smallest absolute Gasteiger partial charge is 0.185 e. The zero-order valence-electron chi connectivity index (χ0n) is 20.5. The fourth-order valence-electron chi connectivity index (χ4n) is 5.41. The van der Waals surface area contributed by atoms with Crippen LogP contribution in [0.15, 0.2) is 54.6 Å². The number of ether oxygens (including phenoxy) is 1. The zero-order valence-corrected chi connectivity index (χ0v) is 20.5. The van der Waals surface area contributed by atoms with Crippen molar-refractivity contribution in [2.45, 2.75) is 51.2 Å². The van der Waals surface area contributed by atoms with Crippen molar-refractivity contribution in [2.24, 2.45) is 0 Å². The fourth-order valence-corrected chi connectivity index (χ4v) is 5.41. The molecular weight excluding hydrogens is 454 g/mol. The molecule has 3 heterocycles. The summed E-state index contributed by atoms with van der Waals surface area (Å²) in [7, 11) is 1.66. The molecule has 1 fully saturated rings. The Morgan fingerprint density at radius 3 is 2.58 bits per heavy atom. The highest BCUT2D eigenvalue weighted by atomic mass is 16.5. The van der Waals surface area contributed by atoms with Gasteiger partial charge in [0.1, 0.15) is 11.8 Å². The molecule has 0 bridgehead atoms. The number of benzene rings is 2. The monoisotopic (exact) mass is 483 g/mol. The molecule has 10 nitrogen and oxygen atoms in total. The van der Waals surface area contributed by atoms with Crippen molar-refractivity contribution in [2.75, 3.05) is 13.7 Å². The van der Waals surface area contributed by atoms with E-state index >= 15 is 0 Å². The van der Waals surface area contributed by atoms with Crippen molar-refractivity contribution in [3.63, 3.8) is 0 Å². The molecule has 3 aromatic heterocycles. The lowest BCUT2D eigenvalue weighted by molar-refractivity contribution is 0.212. The fraction of sp³-hybridized carbons (Fsp3) is 0.385. The van der Waals surface area contributed by atoms with Gasteiger partial charge in [-0.15, -0.1) is 10.2 Å². The van der Waals surface area contributed by atoms with E-state index in [0.29, 0.717) is 11.7 Å². The first-order valence-corrected chi connectivity index (χ1v) is 12.5. The number of tetrazole rings is 2. The Balaban J connectivity index is 1.56. The van der Waals surface area contributed by atoms with Gasteiger partial charge in [-0.1, -0.05) is 50.1 Å². The second kappa shape index (κ2) is 9.62. The van der Waals surface area contributed by atoms with Gasteiger partial charge in [-0.2, -0.15) is 4.52 Å². The first-order chi connectivity index (χ1) is 17.8. The molecule has 1 aliphatic rings. The summed E-state index contributed by atoms with van der Waals surface area (Å²) >= 11 is 0. The maximum Gasteiger partial charge on any atom is 0.185 e. The molecule has 0 aliphatic heterocycles. The van der Waals surface area contributed by atoms with Crippen molar-refractivity contribution in [3.8, 4) is 5.75 Å². The number of fused-ring (bicyclic) bond motifs is 3. The highest BCUT2D eigenvalue weighted by Crippen LogP contribution is 2.37. The van der Waals surface area contributed by atoms with E-state index in [1.165, 1.54) is 18.4 Å². The SMILES string of the molecule is CCN(Cc1ccccc1)[C@H](c1cc2ccc(OC)cc2n2nnnc12)c1nnnn1C1CCCC1. The molecule has 0 N–H and O–H groups in total. The number of methoxy groups -OCH3 is 1. The topological polar surface area (TPSA) is 99.2 Å². The van der Waals surface area contributed by atoms with E-state index in [0.717, 1.165) is 54.0 Å². The van der Waals surface area contributed by atoms with Crippen LogP contribution in [-0.2, 0) is 6.54 Å². The number of hydrogen-bond acceptors (Lipinski definition) is 8. The Hall–Kier alpha value is -3.92. The molecular formula is C26H29N9O. The van der Waals surface area contributed by atoms with Crippen LogP contribution < -0.4 is 4.74 Å². The Morgan fingerprint density at radius 2 is 1.81 bits per heavy atom. The zero-order chi connectivity index (χ0) is 24.5. The highest BCUT2D eigenvalue weighted by Gasteiger charge is 2.33. The van der Waals surface area contributed by atoms with Crippen LogP contribution in [0.25, 0.3) is 16.6 Å². The molecule has 1 saturated carbocycles. The molecule has 6 rings (SSSR count). The second-order valence-electron chi connectivity index (χ2n) is 9.31. The van der Waals surface area contributed by atoms with Crippen LogP contribution in [0.2, 0.25) is 0 Å². The first-order valence-electron chi connectivity index (χ1n) is 12.5. The predicted molar refractivity (Wildman–Crippen MR) is 135 cm³/mol. The van der Waals surface area contributed by atoms with Crippen molar-refractivity contribution < 1.29 is 4.74 Å². The van der Waals surface area contributed by atoms with Gasteiger partial charge in [0.05, 0.1) is 18.7 Å². The van der Waals surface area contributed by atoms with Gasteiger partial charge in [0.2, 0.25) is 0 Å². The molecule has 1 atom stereocenters. The van der Waals surface area contributed by atoms with Gasteiger partial charge in [0.15, 0.2) is 11.5 Å². The maximum absolute atomic E-state index is 5.46. The molecule has 1 aliphatic carbocycles. The number of hydrogen-bond donors (Lipinski definition) is 0. The maximum atomic E-state index is 5.46. The molecule has 0 unspecified atom stereocenters. The van der Waals surface area contributed by atoms with Crippen molar-refractivity contribution in [1.82, 2.24) is 45.1 Å². The van der Waals surface area contributed by atoms with Crippen LogP contribution in [0.1, 0.15) is 61.6 Å². The summed E-state index contributed by atoms with van der Waals surface area (Å²) in [5.74, 6) is 1.59. The molecule has 0 saturated heterocycles. The van der Waals surface area contributed by atoms with Crippen LogP contribution >= 0.6 is 0 Å². The average molecular weight is 484 g/mol. The van der Waals surface area contributed by atoms with Crippen LogP contribution in [0, 0.1) is 0 Å². The Labute approximate surface area is 208 Å². The van der Waals surface area contributed by atoms with E-state index in [4.69, 9.17) is 4.74 Å². The third-order valence-corrected chi connectivity index (χ3v) is 7.23. The van der Waals surface area contributed by atoms with Crippen LogP contribution in [0.5, 0.6) is 5.75 Å². The van der Waals surface area contributed by atoms with Crippen LogP contribution in [0.4, 0.5) is 0 Å². The normalized spacial score (nSPS) is 15.3. The molecule has 0 radical (unpaired) electrons. The second-order valence-corrected chi connectivity index (χ2v) is 9.31. The van der Waals surface area contributed by atoms with Gasteiger partial charge in [-0.25, -0.2) is 4.68 Å². The van der Waals surface area contributed by atoms with E-state index in [-0.39, 0.29) is 6.04 Å². The van der Waals surface area contributed by atoms with Crippen molar-refractivity contribution >= 4 is 16.6 Å². The Morgan fingerprint density at radius 1 is 1.00 bits per heavy atom. The lowest BCUT2D eigenvalue weighted by atomic mass is 10.0. The van der Waals surface area contributed by atoms with E-state index in [9.17, 15) is 0 Å². The Bertz CT molecular complexity index is 1470. The van der Waals surface area contributed by atoms with Crippen LogP contribution in [-0.4, -0.2) is 58.8 Å². The van der Waals surface area contributed by atoms with Crippen molar-refractivity contribution in [1.29, 1.82) is 0 Å². The first kappa shape index (κ1) is 22.5. The molecule has 0 amide bonds. The highest BCUT2D eigenvalue weighted by molar-refractivity contribution is 5.84. The number of nitrogens with zero attached hydrogens (tertiary/aromatic N) is 9. The summed E-state index contributed by atoms with van der Waals surface area (Å²) in [5, 5.41) is 27.1. The van der Waals surface area contributed by atoms with Gasteiger partial charge >= 0.3 is 0 Å². The molecule has 36 heavy (non-hydrogen) atoms. The number of rotatable bonds is 8. The van der Waals surface area contributed by atoms with Gasteiger partial charge in [0, 0.05) is 23.6 Å². The molecule has 0 spiro atoms. The quantitative estimate of drug-likeness (QED) is 0.327. The van der Waals surface area contributed by atoms with Gasteiger partial charge in [0.25, 0.3) is 0 Å². The van der Waals surface area contributed by atoms with E-state index in [2.05, 4.69) is 73.2 Å². The number of pyridine rings is 1. The molecule has 10 heteroatoms. The molecule has 5 aromatic rings. The molecule has 184 valence electrons. The minimum atomic E-state index is -0.231. The van der Waals surface area contributed by atoms with Gasteiger partial charge < -0.3 is 4.74 Å². The van der Waals surface area contributed by atoms with E-state index < -0.39 is 0 Å². The van der Waals surface area contributed by atoms with Gasteiger partial charge in [-0.05, 0) is 64.0 Å². The van der Waals surface area contributed by atoms with E-state index in [1.807, 2.05) is 28.9 Å². The third kappa shape index (κ3) is 3.97. The average Bonchev–Trinajstić information content (AvgIpc) is 3.70. The summed E-state index contributed by atoms with van der Waals surface area (Å²) in [5.41, 5.74) is 3.78. The lowest BCUT2D eigenvalue weighted by Gasteiger charge is -2.31. The largest absolute Gasteiger partial charge is 0.497 e. The minimum Gasteiger partial charge on any atom is -0.497 e.